The smallest absolute Gasteiger partial charge is 0.343 e. The highest BCUT2D eigenvalue weighted by atomic mass is 16.6. The van der Waals surface area contributed by atoms with E-state index in [1.165, 1.54) is 24.3 Å². The summed E-state index contributed by atoms with van der Waals surface area (Å²) in [7, 11) is 0. The highest BCUT2D eigenvalue weighted by Gasteiger charge is 2.29. The molecule has 8 heteroatoms. The van der Waals surface area contributed by atoms with Gasteiger partial charge in [-0.05, 0) is 83.4 Å². The molecule has 0 fully saturated rings. The first-order chi connectivity index (χ1) is 27.2. The first kappa shape index (κ1) is 43.0. The maximum absolute atomic E-state index is 14.1. The maximum Gasteiger partial charge on any atom is 0.343 e. The summed E-state index contributed by atoms with van der Waals surface area (Å²) in [5.74, 6) is -0.195. The van der Waals surface area contributed by atoms with Crippen molar-refractivity contribution in [2.75, 3.05) is 0 Å². The third kappa shape index (κ3) is 9.17. The Kier molecular flexibility index (Phi) is 11.1. The molecule has 0 amide bonds. The Hall–Kier alpha value is -5.63. The zero-order valence-electron chi connectivity index (χ0n) is 36.7. The number of non-ortho nitro benzene ring substituents is 1. The van der Waals surface area contributed by atoms with Crippen LogP contribution < -0.4 is 4.74 Å². The average Bonchev–Trinajstić information content (AvgIpc) is 3.11. The molecule has 5 aromatic rings. The molecule has 0 unspecified atom stereocenters. The normalized spacial score (nSPS) is 13.6. The molecular weight excluding hydrogens is 739 g/mol. The molecule has 0 radical (unpaired) electrons. The van der Waals surface area contributed by atoms with Crippen LogP contribution in [0.5, 0.6) is 23.0 Å². The van der Waals surface area contributed by atoms with Crippen molar-refractivity contribution in [2.24, 2.45) is 0 Å². The molecule has 5 aromatic carbocycles. The number of esters is 1. The molecule has 59 heavy (non-hydrogen) atoms. The van der Waals surface area contributed by atoms with Gasteiger partial charge in [-0.15, -0.1) is 0 Å². The minimum atomic E-state index is -0.764. The Morgan fingerprint density at radius 2 is 0.797 bits per heavy atom. The van der Waals surface area contributed by atoms with E-state index in [0.717, 1.165) is 22.3 Å². The molecule has 0 aromatic heterocycles. The van der Waals surface area contributed by atoms with E-state index in [4.69, 9.17) is 4.74 Å². The number of carbonyl (C=O) groups excluding carboxylic acids is 1. The van der Waals surface area contributed by atoms with E-state index in [9.17, 15) is 30.2 Å². The van der Waals surface area contributed by atoms with Crippen LogP contribution in [0.15, 0.2) is 72.8 Å². The SMILES string of the molecule is CC(C)(C)c1cc2c(O)c(c1)Cc1cc(C(C)(C)C)cc(c1O)Cc1cc(C(C)(C)C)cc(c1OC(=O)c1cccc([N+](=O)[O-])c1)Cc1cc(C(C)(C)C)cc(c1O)C2. The summed E-state index contributed by atoms with van der Waals surface area (Å²) in [5, 5.41) is 48.3. The first-order valence-electron chi connectivity index (χ1n) is 20.4. The summed E-state index contributed by atoms with van der Waals surface area (Å²) >= 11 is 0. The second kappa shape index (κ2) is 15.2. The first-order valence-corrected chi connectivity index (χ1v) is 20.4. The number of phenols is 3. The van der Waals surface area contributed by atoms with Gasteiger partial charge in [-0.2, -0.15) is 0 Å². The zero-order chi connectivity index (χ0) is 43.6. The molecule has 0 aliphatic heterocycles. The molecule has 6 rings (SSSR count). The largest absolute Gasteiger partial charge is 0.507 e. The summed E-state index contributed by atoms with van der Waals surface area (Å²) in [6.45, 7) is 25.4. The number of nitrogens with zero attached hydrogens (tertiary/aromatic N) is 1. The topological polar surface area (TPSA) is 130 Å². The highest BCUT2D eigenvalue weighted by Crippen LogP contribution is 2.43. The summed E-state index contributed by atoms with van der Waals surface area (Å²) < 4.78 is 6.37. The van der Waals surface area contributed by atoms with Gasteiger partial charge in [0, 0.05) is 48.9 Å². The molecule has 1 aliphatic rings. The molecule has 0 saturated heterocycles. The number of aromatic hydroxyl groups is 3. The second-order valence-corrected chi connectivity index (χ2v) is 20.5. The van der Waals surface area contributed by atoms with Crippen LogP contribution in [0.25, 0.3) is 0 Å². The highest BCUT2D eigenvalue weighted by molar-refractivity contribution is 5.92. The summed E-state index contributed by atoms with van der Waals surface area (Å²) in [4.78, 5) is 25.2. The van der Waals surface area contributed by atoms with Crippen LogP contribution in [-0.4, -0.2) is 26.2 Å². The maximum atomic E-state index is 14.1. The minimum Gasteiger partial charge on any atom is -0.507 e. The van der Waals surface area contributed by atoms with Crippen molar-refractivity contribution in [1.82, 2.24) is 0 Å². The number of fused-ring (bicyclic) bond motifs is 8. The van der Waals surface area contributed by atoms with Gasteiger partial charge in [0.25, 0.3) is 5.69 Å². The Balaban J connectivity index is 1.71. The van der Waals surface area contributed by atoms with Crippen LogP contribution >= 0.6 is 0 Å². The molecule has 8 nitrogen and oxygen atoms in total. The third-order valence-electron chi connectivity index (χ3n) is 11.5. The Morgan fingerprint density at radius 1 is 0.508 bits per heavy atom. The Labute approximate surface area is 349 Å². The van der Waals surface area contributed by atoms with Crippen molar-refractivity contribution < 1.29 is 29.8 Å². The van der Waals surface area contributed by atoms with E-state index in [1.807, 2.05) is 48.5 Å². The summed E-state index contributed by atoms with van der Waals surface area (Å²) in [6, 6.07) is 21.5. The lowest BCUT2D eigenvalue weighted by atomic mass is 9.79. The van der Waals surface area contributed by atoms with Crippen LogP contribution in [0, 0.1) is 10.1 Å². The van der Waals surface area contributed by atoms with Gasteiger partial charge < -0.3 is 20.1 Å². The van der Waals surface area contributed by atoms with Crippen molar-refractivity contribution in [3.8, 4) is 23.0 Å². The van der Waals surface area contributed by atoms with Crippen molar-refractivity contribution in [2.45, 2.75) is 130 Å². The molecular formula is C51H59NO7. The fourth-order valence-corrected chi connectivity index (χ4v) is 7.69. The van der Waals surface area contributed by atoms with Crippen LogP contribution in [0.3, 0.4) is 0 Å². The number of nitro benzene ring substituents is 1. The van der Waals surface area contributed by atoms with E-state index < -0.39 is 10.9 Å². The predicted octanol–water partition coefficient (Wildman–Crippen LogP) is 11.8. The van der Waals surface area contributed by atoms with Gasteiger partial charge in [0.1, 0.15) is 23.0 Å². The van der Waals surface area contributed by atoms with E-state index in [1.54, 1.807) is 0 Å². The van der Waals surface area contributed by atoms with Crippen molar-refractivity contribution in [3.05, 3.63) is 155 Å². The fraction of sp³-hybridized carbons (Fsp3) is 0.392. The van der Waals surface area contributed by atoms with Crippen LogP contribution in [0.4, 0.5) is 5.69 Å². The lowest BCUT2D eigenvalue weighted by molar-refractivity contribution is -0.384. The number of rotatable bonds is 3. The summed E-state index contributed by atoms with van der Waals surface area (Å²) in [5.41, 5.74) is 7.69. The van der Waals surface area contributed by atoms with E-state index in [2.05, 4.69) is 83.1 Å². The number of hydrogen-bond donors (Lipinski definition) is 3. The van der Waals surface area contributed by atoms with Gasteiger partial charge >= 0.3 is 5.97 Å². The molecule has 310 valence electrons. The van der Waals surface area contributed by atoms with Crippen molar-refractivity contribution in [3.63, 3.8) is 0 Å². The summed E-state index contributed by atoms with van der Waals surface area (Å²) in [6.07, 6.45) is 0.838. The molecule has 3 N–H and O–H groups in total. The average molecular weight is 798 g/mol. The standard InChI is InChI=1S/C51H59NO7/c1-48(2,3)38-20-30-16-32-22-39(49(4,5)6)24-34(44(32)54)18-36-26-41(51(10,11)12)27-37(46(36)59-47(56)29-14-13-15-42(28-29)52(57)58)19-35-25-40(50(7,8)9)23-33(45(35)55)17-31(21-38)43(30)53/h13-15,20-28,53-55H,16-19H2,1-12H3. The molecule has 0 heterocycles. The number of phenolic OH excluding ortho intramolecular Hbond substituents is 3. The number of carbonyl (C=O) groups is 1. The third-order valence-corrected chi connectivity index (χ3v) is 11.5. The van der Waals surface area contributed by atoms with Gasteiger partial charge in [0.2, 0.25) is 0 Å². The zero-order valence-corrected chi connectivity index (χ0v) is 36.7. The van der Waals surface area contributed by atoms with Gasteiger partial charge in [-0.1, -0.05) is 138 Å². The number of ether oxygens (including phenoxy) is 1. The number of nitro groups is 1. The fourth-order valence-electron chi connectivity index (χ4n) is 7.69. The Bertz CT molecular complexity index is 2370. The molecule has 0 atom stereocenters. The van der Waals surface area contributed by atoms with Gasteiger partial charge in [0.05, 0.1) is 10.5 Å². The lowest BCUT2D eigenvalue weighted by Crippen LogP contribution is -2.17. The van der Waals surface area contributed by atoms with Crippen LogP contribution in [0.2, 0.25) is 0 Å². The van der Waals surface area contributed by atoms with Crippen molar-refractivity contribution in [1.29, 1.82) is 0 Å². The predicted molar refractivity (Wildman–Crippen MR) is 235 cm³/mol. The van der Waals surface area contributed by atoms with Gasteiger partial charge in [-0.3, -0.25) is 10.1 Å². The lowest BCUT2D eigenvalue weighted by Gasteiger charge is -2.27. The number of hydrogen-bond acceptors (Lipinski definition) is 7. The molecule has 8 bridgehead atoms. The van der Waals surface area contributed by atoms with Crippen LogP contribution in [-0.2, 0) is 47.3 Å². The Morgan fingerprint density at radius 3 is 1.08 bits per heavy atom. The minimum absolute atomic E-state index is 0.0217. The van der Waals surface area contributed by atoms with Crippen molar-refractivity contribution >= 4 is 11.7 Å². The molecule has 0 spiro atoms. The van der Waals surface area contributed by atoms with Gasteiger partial charge in [0.15, 0.2) is 0 Å². The van der Waals surface area contributed by atoms with E-state index in [0.29, 0.717) is 44.5 Å². The second-order valence-electron chi connectivity index (χ2n) is 20.5. The molecule has 0 saturated carbocycles. The van der Waals surface area contributed by atoms with E-state index >= 15 is 0 Å². The molecule has 1 aliphatic carbocycles. The number of benzene rings is 5. The quantitative estimate of drug-likeness (QED) is 0.0703. The van der Waals surface area contributed by atoms with E-state index in [-0.39, 0.29) is 81.6 Å². The van der Waals surface area contributed by atoms with Gasteiger partial charge in [-0.25, -0.2) is 4.79 Å². The van der Waals surface area contributed by atoms with Crippen LogP contribution in [0.1, 0.15) is 160 Å². The monoisotopic (exact) mass is 797 g/mol.